The summed E-state index contributed by atoms with van der Waals surface area (Å²) in [5, 5.41) is 0. The quantitative estimate of drug-likeness (QED) is 0.757. The standard InChI is InChI=1S/C23H21NO4/c1-4-28-23(26)18-13(2)24-21-16-10-5-6-11-17(16)22(25)20(21)19(18)14-8-7-9-15(12-14)27-3/h5-12,18-19H,4H2,1-3H3/t18?,19-/m0/s1. The molecule has 0 saturated heterocycles. The van der Waals surface area contributed by atoms with Crippen molar-refractivity contribution >= 4 is 23.2 Å². The maximum atomic E-state index is 13.3. The van der Waals surface area contributed by atoms with E-state index in [2.05, 4.69) is 4.99 Å². The zero-order chi connectivity index (χ0) is 19.8. The Morgan fingerprint density at radius 3 is 2.57 bits per heavy atom. The molecule has 0 amide bonds. The van der Waals surface area contributed by atoms with Gasteiger partial charge in [-0.1, -0.05) is 36.4 Å². The Bertz CT molecular complexity index is 1030. The minimum atomic E-state index is -0.649. The normalized spacial score (nSPS) is 20.4. The highest BCUT2D eigenvalue weighted by Crippen LogP contribution is 2.48. The second-order valence-electron chi connectivity index (χ2n) is 6.87. The lowest BCUT2D eigenvalue weighted by Gasteiger charge is -2.30. The van der Waals surface area contributed by atoms with E-state index < -0.39 is 11.8 Å². The Labute approximate surface area is 163 Å². The summed E-state index contributed by atoms with van der Waals surface area (Å²) in [6.45, 7) is 3.87. The molecule has 1 heterocycles. The van der Waals surface area contributed by atoms with Gasteiger partial charge >= 0.3 is 5.97 Å². The van der Waals surface area contributed by atoms with Gasteiger partial charge < -0.3 is 9.47 Å². The summed E-state index contributed by atoms with van der Waals surface area (Å²) in [5.41, 5.74) is 4.14. The number of methoxy groups -OCH3 is 1. The third-order valence-electron chi connectivity index (χ3n) is 5.30. The molecule has 0 spiro atoms. The smallest absolute Gasteiger partial charge is 0.315 e. The molecule has 28 heavy (non-hydrogen) atoms. The first-order chi connectivity index (χ1) is 13.6. The molecular weight excluding hydrogens is 354 g/mol. The molecule has 2 aromatic carbocycles. The highest BCUT2D eigenvalue weighted by molar-refractivity contribution is 6.24. The highest BCUT2D eigenvalue weighted by atomic mass is 16.5. The molecule has 0 fully saturated rings. The Hall–Kier alpha value is -3.21. The molecule has 0 saturated carbocycles. The fraction of sp³-hybridized carbons (Fsp3) is 0.261. The Morgan fingerprint density at radius 1 is 1.11 bits per heavy atom. The zero-order valence-electron chi connectivity index (χ0n) is 16.1. The van der Waals surface area contributed by atoms with Crippen LogP contribution in [-0.4, -0.2) is 31.2 Å². The van der Waals surface area contributed by atoms with Crippen molar-refractivity contribution < 1.29 is 19.1 Å². The predicted octanol–water partition coefficient (Wildman–Crippen LogP) is 4.04. The lowest BCUT2D eigenvalue weighted by Crippen LogP contribution is -2.35. The van der Waals surface area contributed by atoms with Gasteiger partial charge in [-0.25, -0.2) is 0 Å². The molecule has 4 rings (SSSR count). The summed E-state index contributed by atoms with van der Waals surface area (Å²) in [4.78, 5) is 30.8. The van der Waals surface area contributed by atoms with Gasteiger partial charge in [0.1, 0.15) is 11.7 Å². The minimum absolute atomic E-state index is 0.0797. The number of hydrogen-bond acceptors (Lipinski definition) is 5. The fourth-order valence-corrected chi connectivity index (χ4v) is 4.08. The van der Waals surface area contributed by atoms with Crippen molar-refractivity contribution in [3.63, 3.8) is 0 Å². The van der Waals surface area contributed by atoms with Crippen LogP contribution in [0, 0.1) is 5.92 Å². The molecule has 5 nitrogen and oxygen atoms in total. The number of allylic oxidation sites excluding steroid dienone is 1. The monoisotopic (exact) mass is 375 g/mol. The van der Waals surface area contributed by atoms with Crippen molar-refractivity contribution in [3.8, 4) is 5.75 Å². The van der Waals surface area contributed by atoms with Gasteiger partial charge in [0.05, 0.1) is 19.4 Å². The van der Waals surface area contributed by atoms with Crippen LogP contribution in [0.4, 0.5) is 0 Å². The van der Waals surface area contributed by atoms with Gasteiger partial charge in [0.2, 0.25) is 0 Å². The van der Waals surface area contributed by atoms with Gasteiger partial charge in [0.25, 0.3) is 0 Å². The van der Waals surface area contributed by atoms with E-state index in [-0.39, 0.29) is 18.4 Å². The van der Waals surface area contributed by atoms with Gasteiger partial charge in [-0.15, -0.1) is 0 Å². The third-order valence-corrected chi connectivity index (χ3v) is 5.30. The molecule has 0 N–H and O–H groups in total. The number of rotatable bonds is 4. The average Bonchev–Trinajstić information content (AvgIpc) is 2.99. The molecule has 142 valence electrons. The number of ketones is 1. The number of esters is 1. The molecule has 0 bridgehead atoms. The van der Waals surface area contributed by atoms with Crippen LogP contribution in [0.3, 0.4) is 0 Å². The van der Waals surface area contributed by atoms with E-state index in [1.54, 1.807) is 14.0 Å². The van der Waals surface area contributed by atoms with Crippen LogP contribution in [0.1, 0.15) is 41.3 Å². The first kappa shape index (κ1) is 18.2. The topological polar surface area (TPSA) is 65.0 Å². The SMILES string of the molecule is CCOC(=O)C1C(C)=NC2=C(C(=O)c3ccccc32)[C@H]1c1cccc(OC)c1. The van der Waals surface area contributed by atoms with Crippen molar-refractivity contribution in [1.82, 2.24) is 0 Å². The van der Waals surface area contributed by atoms with Crippen molar-refractivity contribution in [2.75, 3.05) is 13.7 Å². The molecule has 0 aromatic heterocycles. The fourth-order valence-electron chi connectivity index (χ4n) is 4.08. The van der Waals surface area contributed by atoms with Crippen LogP contribution >= 0.6 is 0 Å². The van der Waals surface area contributed by atoms with Crippen LogP contribution in [-0.2, 0) is 9.53 Å². The van der Waals surface area contributed by atoms with Gasteiger partial charge in [-0.3, -0.25) is 14.6 Å². The van der Waals surface area contributed by atoms with E-state index in [1.807, 2.05) is 55.5 Å². The van der Waals surface area contributed by atoms with E-state index in [1.165, 1.54) is 0 Å². The van der Waals surface area contributed by atoms with Gasteiger partial charge in [-0.2, -0.15) is 0 Å². The Balaban J connectivity index is 1.93. The van der Waals surface area contributed by atoms with Crippen LogP contribution in [0.5, 0.6) is 5.75 Å². The second-order valence-corrected chi connectivity index (χ2v) is 6.87. The molecule has 2 aromatic rings. The van der Waals surface area contributed by atoms with E-state index in [4.69, 9.17) is 9.47 Å². The van der Waals surface area contributed by atoms with Gasteiger partial charge in [0.15, 0.2) is 5.78 Å². The summed E-state index contributed by atoms with van der Waals surface area (Å²) >= 11 is 0. The number of ether oxygens (including phenoxy) is 2. The van der Waals surface area contributed by atoms with Crippen molar-refractivity contribution in [2.24, 2.45) is 10.9 Å². The van der Waals surface area contributed by atoms with Gasteiger partial charge in [0, 0.05) is 28.3 Å². The molecule has 5 heteroatoms. The van der Waals surface area contributed by atoms with E-state index in [0.717, 1.165) is 11.1 Å². The lowest BCUT2D eigenvalue weighted by molar-refractivity contribution is -0.146. The molecule has 0 radical (unpaired) electrons. The summed E-state index contributed by atoms with van der Waals surface area (Å²) in [6, 6.07) is 14.9. The maximum absolute atomic E-state index is 13.3. The number of carbonyl (C=O) groups is 2. The van der Waals surface area contributed by atoms with Crippen LogP contribution < -0.4 is 4.74 Å². The number of fused-ring (bicyclic) bond motifs is 2. The number of carbonyl (C=O) groups excluding carboxylic acids is 2. The lowest BCUT2D eigenvalue weighted by atomic mass is 9.75. The third kappa shape index (κ3) is 2.74. The largest absolute Gasteiger partial charge is 0.497 e. The molecule has 1 aliphatic heterocycles. The summed E-state index contributed by atoms with van der Waals surface area (Å²) in [7, 11) is 1.59. The average molecular weight is 375 g/mol. The predicted molar refractivity (Wildman–Crippen MR) is 107 cm³/mol. The number of Topliss-reactive ketones (excluding diaryl/α,β-unsaturated/α-hetero) is 1. The number of aliphatic imine (C=N–C) groups is 1. The molecule has 2 atom stereocenters. The van der Waals surface area contributed by atoms with Crippen molar-refractivity contribution in [3.05, 3.63) is 70.8 Å². The number of hydrogen-bond donors (Lipinski definition) is 0. The molecular formula is C23H21NO4. The number of benzene rings is 2. The summed E-state index contributed by atoms with van der Waals surface area (Å²) < 4.78 is 10.7. The van der Waals surface area contributed by atoms with E-state index in [9.17, 15) is 9.59 Å². The Morgan fingerprint density at radius 2 is 1.86 bits per heavy atom. The maximum Gasteiger partial charge on any atom is 0.315 e. The Kier molecular flexibility index (Phi) is 4.59. The van der Waals surface area contributed by atoms with Crippen LogP contribution in [0.25, 0.3) is 5.70 Å². The minimum Gasteiger partial charge on any atom is -0.497 e. The van der Waals surface area contributed by atoms with Crippen LogP contribution in [0.15, 0.2) is 59.1 Å². The second kappa shape index (κ2) is 7.08. The first-order valence-corrected chi connectivity index (χ1v) is 9.30. The van der Waals surface area contributed by atoms with Crippen LogP contribution in [0.2, 0.25) is 0 Å². The van der Waals surface area contributed by atoms with Crippen molar-refractivity contribution in [2.45, 2.75) is 19.8 Å². The summed E-state index contributed by atoms with van der Waals surface area (Å²) in [5.74, 6) is -0.896. The zero-order valence-corrected chi connectivity index (χ0v) is 16.1. The van der Waals surface area contributed by atoms with E-state index in [0.29, 0.717) is 28.3 Å². The first-order valence-electron chi connectivity index (χ1n) is 9.30. The molecule has 2 aliphatic rings. The van der Waals surface area contributed by atoms with Crippen molar-refractivity contribution in [1.29, 1.82) is 0 Å². The van der Waals surface area contributed by atoms with Gasteiger partial charge in [-0.05, 0) is 31.5 Å². The highest BCUT2D eigenvalue weighted by Gasteiger charge is 2.46. The number of nitrogens with zero attached hydrogens (tertiary/aromatic N) is 1. The summed E-state index contributed by atoms with van der Waals surface area (Å²) in [6.07, 6.45) is 0. The van der Waals surface area contributed by atoms with E-state index >= 15 is 0 Å². The molecule has 1 unspecified atom stereocenters. The molecule has 1 aliphatic carbocycles.